The average molecular weight is 624 g/mol. The molecule has 42 heavy (non-hydrogen) atoms. The van der Waals surface area contributed by atoms with Crippen LogP contribution in [0.2, 0.25) is 0 Å². The lowest BCUT2D eigenvalue weighted by molar-refractivity contribution is -0.168. The Hall–Kier alpha value is -1.89. The van der Waals surface area contributed by atoms with Gasteiger partial charge in [-0.25, -0.2) is 8.42 Å². The van der Waals surface area contributed by atoms with Crippen molar-refractivity contribution in [2.24, 2.45) is 46.3 Å². The highest BCUT2D eigenvalue weighted by Crippen LogP contribution is 2.66. The number of halogens is 4. The maximum absolute atomic E-state index is 13.8. The number of esters is 1. The molecule has 0 saturated heterocycles. The van der Waals surface area contributed by atoms with Crippen molar-refractivity contribution in [1.29, 1.82) is 0 Å². The molecule has 1 unspecified atom stereocenters. The average Bonchev–Trinajstić information content (AvgIpc) is 3.24. The lowest BCUT2D eigenvalue weighted by atomic mass is 9.44. The van der Waals surface area contributed by atoms with Crippen LogP contribution in [0.25, 0.3) is 0 Å². The molecular weight excluding hydrogens is 584 g/mol. The number of ketones is 3. The van der Waals surface area contributed by atoms with Gasteiger partial charge in [-0.3, -0.25) is 19.2 Å². The number of alkyl halides is 4. The number of fused-ring (bicyclic) bond motifs is 5. The molecular formula is C29H39F4O8S-. The van der Waals surface area contributed by atoms with Crippen molar-refractivity contribution in [3.63, 3.8) is 0 Å². The summed E-state index contributed by atoms with van der Waals surface area (Å²) < 4.78 is 89.9. The van der Waals surface area contributed by atoms with Crippen LogP contribution in [-0.2, 0) is 34.0 Å². The van der Waals surface area contributed by atoms with Gasteiger partial charge < -0.3 is 9.29 Å². The van der Waals surface area contributed by atoms with Crippen LogP contribution in [0.4, 0.5) is 17.6 Å². The molecule has 8 nitrogen and oxygen atoms in total. The largest absolute Gasteiger partial charge is 0.743 e. The molecule has 0 aliphatic heterocycles. The number of hydrogen-bond acceptors (Lipinski definition) is 8. The molecule has 0 bridgehead atoms. The van der Waals surface area contributed by atoms with E-state index in [0.29, 0.717) is 51.4 Å². The van der Waals surface area contributed by atoms with E-state index in [1.165, 1.54) is 0 Å². The molecule has 4 saturated carbocycles. The van der Waals surface area contributed by atoms with Crippen LogP contribution in [0, 0.1) is 46.3 Å². The third-order valence-corrected chi connectivity index (χ3v) is 12.3. The fourth-order valence-electron chi connectivity index (χ4n) is 8.82. The SMILES string of the molecule is C[C@H](CCC(=O)OCCCC(F)(F)C(F)(F)S(=O)(=O)[O-])[C@H]1CC[C@H]2[C@@H]3C(=O)CC4CC(=O)CC[C@]4(C)[C@H]3CC(=O)[C@]12C. The molecule has 0 amide bonds. The summed E-state index contributed by atoms with van der Waals surface area (Å²) in [5, 5.41) is -5.78. The Labute approximate surface area is 243 Å². The smallest absolute Gasteiger partial charge is 0.396 e. The minimum atomic E-state index is -6.57. The first kappa shape index (κ1) is 33.0. The molecule has 4 rings (SSSR count). The molecule has 0 aromatic carbocycles. The van der Waals surface area contributed by atoms with Crippen LogP contribution < -0.4 is 0 Å². The predicted octanol–water partition coefficient (Wildman–Crippen LogP) is 5.09. The Morgan fingerprint density at radius 1 is 1.07 bits per heavy atom. The highest BCUT2D eigenvalue weighted by Gasteiger charge is 2.66. The first-order chi connectivity index (χ1) is 19.3. The Bertz CT molecular complexity index is 1240. The van der Waals surface area contributed by atoms with Crippen molar-refractivity contribution in [3.8, 4) is 0 Å². The van der Waals surface area contributed by atoms with Crippen molar-refractivity contribution < 1.29 is 54.4 Å². The van der Waals surface area contributed by atoms with Crippen molar-refractivity contribution in [2.75, 3.05) is 6.61 Å². The predicted molar refractivity (Wildman–Crippen MR) is 139 cm³/mol. The van der Waals surface area contributed by atoms with Gasteiger partial charge in [0, 0.05) is 49.9 Å². The van der Waals surface area contributed by atoms with Gasteiger partial charge in [0.15, 0.2) is 10.1 Å². The Morgan fingerprint density at radius 2 is 1.74 bits per heavy atom. The van der Waals surface area contributed by atoms with Gasteiger partial charge in [0.2, 0.25) is 0 Å². The van der Waals surface area contributed by atoms with Crippen LogP contribution >= 0.6 is 0 Å². The molecule has 0 spiro atoms. The zero-order valence-electron chi connectivity index (χ0n) is 24.1. The second-order valence-electron chi connectivity index (χ2n) is 13.5. The number of rotatable bonds is 10. The molecule has 13 heteroatoms. The number of carbonyl (C=O) groups excluding carboxylic acids is 4. The summed E-state index contributed by atoms with van der Waals surface area (Å²) in [6.45, 7) is 5.34. The van der Waals surface area contributed by atoms with Gasteiger partial charge in [0.1, 0.15) is 17.3 Å². The molecule has 4 fully saturated rings. The van der Waals surface area contributed by atoms with Crippen LogP contribution in [-0.4, -0.2) is 54.1 Å². The molecule has 4 aliphatic rings. The van der Waals surface area contributed by atoms with Crippen molar-refractivity contribution in [2.45, 2.75) is 103 Å². The first-order valence-electron chi connectivity index (χ1n) is 14.7. The van der Waals surface area contributed by atoms with Crippen LogP contribution in [0.1, 0.15) is 91.4 Å². The Balaban J connectivity index is 1.33. The van der Waals surface area contributed by atoms with E-state index in [0.717, 1.165) is 0 Å². The summed E-state index contributed by atoms with van der Waals surface area (Å²) in [7, 11) is -6.57. The van der Waals surface area contributed by atoms with Crippen molar-refractivity contribution in [1.82, 2.24) is 0 Å². The van der Waals surface area contributed by atoms with Gasteiger partial charge >= 0.3 is 17.1 Å². The minimum Gasteiger partial charge on any atom is -0.743 e. The molecule has 238 valence electrons. The van der Waals surface area contributed by atoms with Crippen LogP contribution in [0.5, 0.6) is 0 Å². The van der Waals surface area contributed by atoms with Crippen molar-refractivity contribution in [3.05, 3.63) is 0 Å². The zero-order valence-corrected chi connectivity index (χ0v) is 25.0. The van der Waals surface area contributed by atoms with E-state index >= 15 is 0 Å². The maximum atomic E-state index is 13.8. The highest BCUT2D eigenvalue weighted by atomic mass is 32.2. The molecule has 0 N–H and O–H groups in total. The van der Waals surface area contributed by atoms with Crippen LogP contribution in [0.15, 0.2) is 0 Å². The second kappa shape index (κ2) is 11.2. The number of Topliss-reactive ketones (excluding diaryl/α,β-unsaturated/α-hetero) is 3. The van der Waals surface area contributed by atoms with E-state index in [4.69, 9.17) is 4.74 Å². The standard InChI is InChI=1S/C29H40F4O8S/c1-16(5-8-24(37)41-12-4-10-28(30,31)29(32,33)42(38,39)40)19-6-7-20-25-21(15-23(36)27(19,20)3)26(2)11-9-18(34)13-17(26)14-22(25)35/h16-17,19-21,25H,4-15H2,1-3H3,(H,38,39,40)/p-1/t16-,17?,19-,20+,21+,25+,26+,27-/m1/s1. The van der Waals surface area contributed by atoms with E-state index in [1.807, 2.05) is 13.8 Å². The molecule has 0 aromatic heterocycles. The summed E-state index contributed by atoms with van der Waals surface area (Å²) in [4.78, 5) is 51.7. The summed E-state index contributed by atoms with van der Waals surface area (Å²) in [6, 6.07) is 0. The third kappa shape index (κ3) is 5.45. The van der Waals surface area contributed by atoms with Crippen LogP contribution in [0.3, 0.4) is 0 Å². The van der Waals surface area contributed by atoms with Gasteiger partial charge in [-0.2, -0.15) is 17.6 Å². The second-order valence-corrected chi connectivity index (χ2v) is 14.9. The summed E-state index contributed by atoms with van der Waals surface area (Å²) >= 11 is 0. The van der Waals surface area contributed by atoms with Gasteiger partial charge in [0.25, 0.3) is 0 Å². The zero-order chi connectivity index (χ0) is 31.5. The molecule has 0 aromatic rings. The van der Waals surface area contributed by atoms with Gasteiger partial charge in [-0.05, 0) is 67.1 Å². The quantitative estimate of drug-likeness (QED) is 0.142. The van der Waals surface area contributed by atoms with E-state index in [2.05, 4.69) is 6.92 Å². The fraction of sp³-hybridized carbons (Fsp3) is 0.862. The lowest BCUT2D eigenvalue weighted by Gasteiger charge is -2.58. The number of ether oxygens (including phenoxy) is 1. The lowest BCUT2D eigenvalue weighted by Crippen LogP contribution is -2.60. The molecule has 0 radical (unpaired) electrons. The van der Waals surface area contributed by atoms with Gasteiger partial charge in [-0.15, -0.1) is 0 Å². The summed E-state index contributed by atoms with van der Waals surface area (Å²) in [5.74, 6) is -6.03. The first-order valence-corrected chi connectivity index (χ1v) is 16.1. The van der Waals surface area contributed by atoms with E-state index < -0.39 is 52.1 Å². The van der Waals surface area contributed by atoms with Gasteiger partial charge in [0.05, 0.1) is 6.61 Å². The Morgan fingerprint density at radius 3 is 2.38 bits per heavy atom. The Kier molecular flexibility index (Phi) is 8.83. The molecule has 4 aliphatic carbocycles. The van der Waals surface area contributed by atoms with E-state index in [9.17, 15) is 49.7 Å². The highest BCUT2D eigenvalue weighted by molar-refractivity contribution is 7.86. The van der Waals surface area contributed by atoms with E-state index in [1.54, 1.807) is 0 Å². The number of carbonyl (C=O) groups is 4. The fourth-order valence-corrected chi connectivity index (χ4v) is 9.29. The molecule has 0 heterocycles. The summed E-state index contributed by atoms with van der Waals surface area (Å²) in [6.07, 6.45) is 1.45. The molecule has 8 atom stereocenters. The topological polar surface area (TPSA) is 135 Å². The normalized spacial score (nSPS) is 36.2. The van der Waals surface area contributed by atoms with E-state index in [-0.39, 0.29) is 64.7 Å². The minimum absolute atomic E-state index is 0.0192. The summed E-state index contributed by atoms with van der Waals surface area (Å²) in [5.41, 5.74) is -0.952. The van der Waals surface area contributed by atoms with Gasteiger partial charge in [-0.1, -0.05) is 20.8 Å². The van der Waals surface area contributed by atoms with Crippen molar-refractivity contribution >= 4 is 33.4 Å². The number of hydrogen-bond donors (Lipinski definition) is 0. The monoisotopic (exact) mass is 623 g/mol. The third-order valence-electron chi connectivity index (χ3n) is 11.3. The maximum Gasteiger partial charge on any atom is 0.396 e.